The number of aromatic nitrogens is 2. The third kappa shape index (κ3) is 5.79. The van der Waals surface area contributed by atoms with Gasteiger partial charge in [0.05, 0.1) is 29.5 Å². The molecule has 3 unspecified atom stereocenters. The van der Waals surface area contributed by atoms with Gasteiger partial charge >= 0.3 is 11.9 Å². The lowest BCUT2D eigenvalue weighted by atomic mass is 9.60. The van der Waals surface area contributed by atoms with Gasteiger partial charge in [0.25, 0.3) is 0 Å². The maximum Gasteiger partial charge on any atom is 0.418 e. The fourth-order valence-corrected chi connectivity index (χ4v) is 8.59. The van der Waals surface area contributed by atoms with Crippen molar-refractivity contribution in [3.05, 3.63) is 40.1 Å². The molecule has 8 nitrogen and oxygen atoms in total. The number of likely N-dealkylation sites (tertiary alicyclic amines) is 1. The smallest absolute Gasteiger partial charge is 0.379 e. The second kappa shape index (κ2) is 11.5. The van der Waals surface area contributed by atoms with Gasteiger partial charge < -0.3 is 4.74 Å². The topological polar surface area (TPSA) is 66.2 Å². The Morgan fingerprint density at radius 3 is 2.60 bits per heavy atom. The highest BCUT2D eigenvalue weighted by molar-refractivity contribution is 5.56. The molecule has 0 amide bonds. The number of hydrazine groups is 1. The zero-order valence-electron chi connectivity index (χ0n) is 25.4. The van der Waals surface area contributed by atoms with Gasteiger partial charge in [-0.2, -0.15) is 13.2 Å². The summed E-state index contributed by atoms with van der Waals surface area (Å²) in [5.41, 5.74) is 6.08. The summed E-state index contributed by atoms with van der Waals surface area (Å²) < 4.78 is 51.7. The monoisotopic (exact) mass is 592 g/mol. The average Bonchev–Trinajstić information content (AvgIpc) is 3.50. The number of nitrogens with one attached hydrogen (secondary N) is 2. The standard InChI is InChI=1S/C31H47F3N6O2/c1-20-7-6-10-38(15-20)16-21-11-25(31(32,33)34)26-18-39(29(41)40(26)17-21)24-9-5-8-22(12-24)27(28-36-35-19-37(28)3)23-13-30(2,14-23)42-4/h11,17-18,20,22-24,27-28,35-36H,5-10,12-16,19H2,1-4H3/t20-,22?,23?,24?,27-,28?,30?/m0/s1. The normalized spacial score (nSPS) is 34.1. The largest absolute Gasteiger partial charge is 0.418 e. The summed E-state index contributed by atoms with van der Waals surface area (Å²) in [7, 11) is 3.90. The third-order valence-corrected chi connectivity index (χ3v) is 10.8. The minimum atomic E-state index is -4.54. The van der Waals surface area contributed by atoms with Crippen LogP contribution >= 0.6 is 0 Å². The van der Waals surface area contributed by atoms with Gasteiger partial charge in [0.2, 0.25) is 0 Å². The number of alkyl halides is 3. The Balaban J connectivity index is 1.30. The van der Waals surface area contributed by atoms with Crippen LogP contribution in [0.4, 0.5) is 13.2 Å². The van der Waals surface area contributed by atoms with Crippen molar-refractivity contribution in [2.24, 2.45) is 23.7 Å². The van der Waals surface area contributed by atoms with Gasteiger partial charge in [-0.15, -0.1) is 0 Å². The molecule has 2 N–H and O–H groups in total. The van der Waals surface area contributed by atoms with E-state index in [0.29, 0.717) is 35.8 Å². The number of piperidine rings is 1. The van der Waals surface area contributed by atoms with E-state index in [0.717, 1.165) is 71.1 Å². The summed E-state index contributed by atoms with van der Waals surface area (Å²) >= 11 is 0. The summed E-state index contributed by atoms with van der Waals surface area (Å²) in [6, 6.07) is 1.13. The molecule has 0 bridgehead atoms. The van der Waals surface area contributed by atoms with Crippen molar-refractivity contribution >= 4 is 5.52 Å². The van der Waals surface area contributed by atoms with Gasteiger partial charge in [0.1, 0.15) is 0 Å². The van der Waals surface area contributed by atoms with E-state index >= 15 is 0 Å². The van der Waals surface area contributed by atoms with Crippen LogP contribution in [0.15, 0.2) is 23.3 Å². The van der Waals surface area contributed by atoms with Crippen LogP contribution in [-0.2, 0) is 17.5 Å². The van der Waals surface area contributed by atoms with E-state index in [9.17, 15) is 18.0 Å². The summed E-state index contributed by atoms with van der Waals surface area (Å²) in [5, 5.41) is 0. The molecular weight excluding hydrogens is 545 g/mol. The first-order chi connectivity index (χ1) is 20.0. The average molecular weight is 593 g/mol. The Bertz CT molecular complexity index is 1320. The van der Waals surface area contributed by atoms with E-state index in [1.165, 1.54) is 16.7 Å². The second-order valence-corrected chi connectivity index (χ2v) is 14.0. The van der Waals surface area contributed by atoms with Gasteiger partial charge in [-0.25, -0.2) is 15.6 Å². The number of fused-ring (bicyclic) bond motifs is 1. The van der Waals surface area contributed by atoms with E-state index in [-0.39, 0.29) is 29.0 Å². The zero-order valence-corrected chi connectivity index (χ0v) is 25.4. The first kappa shape index (κ1) is 30.1. The molecule has 0 radical (unpaired) electrons. The van der Waals surface area contributed by atoms with Crippen molar-refractivity contribution < 1.29 is 17.9 Å². The maximum absolute atomic E-state index is 14.4. The predicted octanol–water partition coefficient (Wildman–Crippen LogP) is 4.84. The Morgan fingerprint density at radius 2 is 1.93 bits per heavy atom. The van der Waals surface area contributed by atoms with Crippen molar-refractivity contribution in [3.8, 4) is 0 Å². The Kier molecular flexibility index (Phi) is 8.28. The van der Waals surface area contributed by atoms with Crippen LogP contribution in [0.2, 0.25) is 0 Å². The second-order valence-electron chi connectivity index (χ2n) is 14.0. The Labute approximate surface area is 246 Å². The number of hydrogen-bond acceptors (Lipinski definition) is 6. The summed E-state index contributed by atoms with van der Waals surface area (Å²) in [4.78, 5) is 18.3. The number of pyridine rings is 1. The Hall–Kier alpha value is -1.92. The SMILES string of the molecule is COC1(C)CC([C@H](C2CCCC(n3cc4c(C(F)(F)F)cc(CN5CCC[C@H](C)C5)cn4c3=O)C2)C2NNCN2C)C1. The highest BCUT2D eigenvalue weighted by Gasteiger charge is 2.50. The first-order valence-electron chi connectivity index (χ1n) is 15.8. The van der Waals surface area contributed by atoms with E-state index < -0.39 is 11.7 Å². The molecular formula is C31H47F3N6O2. The lowest BCUT2D eigenvalue weighted by Gasteiger charge is -2.52. The Morgan fingerprint density at radius 1 is 1.14 bits per heavy atom. The minimum Gasteiger partial charge on any atom is -0.379 e. The minimum absolute atomic E-state index is 0.0433. The molecule has 42 heavy (non-hydrogen) atoms. The third-order valence-electron chi connectivity index (χ3n) is 10.8. The molecule has 4 aliphatic rings. The number of methoxy groups -OCH3 is 1. The van der Waals surface area contributed by atoms with Crippen molar-refractivity contribution in [3.63, 3.8) is 0 Å². The zero-order chi connectivity index (χ0) is 29.8. The van der Waals surface area contributed by atoms with Crippen molar-refractivity contribution in [2.75, 3.05) is 33.9 Å². The van der Waals surface area contributed by atoms with Gasteiger partial charge in [-0.3, -0.25) is 18.8 Å². The molecule has 11 heteroatoms. The maximum atomic E-state index is 14.4. The molecule has 2 aromatic rings. The molecule has 2 saturated heterocycles. The van der Waals surface area contributed by atoms with E-state index in [4.69, 9.17) is 4.74 Å². The molecule has 4 fully saturated rings. The number of halogens is 3. The van der Waals surface area contributed by atoms with Crippen LogP contribution in [0.5, 0.6) is 0 Å². The molecule has 2 aliphatic heterocycles. The highest BCUT2D eigenvalue weighted by atomic mass is 19.4. The van der Waals surface area contributed by atoms with Gasteiger partial charge in [0, 0.05) is 38.6 Å². The first-order valence-corrected chi connectivity index (χ1v) is 15.8. The van der Waals surface area contributed by atoms with Gasteiger partial charge in [0.15, 0.2) is 0 Å². The molecule has 2 aromatic heterocycles. The van der Waals surface area contributed by atoms with Gasteiger partial charge in [-0.05, 0) is 101 Å². The molecule has 2 aliphatic carbocycles. The van der Waals surface area contributed by atoms with E-state index in [2.05, 4.69) is 41.5 Å². The quantitative estimate of drug-likeness (QED) is 0.480. The molecule has 234 valence electrons. The molecule has 6 rings (SSSR count). The van der Waals surface area contributed by atoms with Crippen LogP contribution in [0.25, 0.3) is 5.52 Å². The molecule has 5 atom stereocenters. The summed E-state index contributed by atoms with van der Waals surface area (Å²) in [5.74, 6) is 1.71. The van der Waals surface area contributed by atoms with Crippen LogP contribution in [0, 0.1) is 23.7 Å². The van der Waals surface area contributed by atoms with Crippen molar-refractivity contribution in [1.29, 1.82) is 0 Å². The van der Waals surface area contributed by atoms with Crippen LogP contribution in [0.1, 0.15) is 82.4 Å². The lowest BCUT2D eigenvalue weighted by molar-refractivity contribution is -0.136. The van der Waals surface area contributed by atoms with E-state index in [1.807, 2.05) is 0 Å². The molecule has 0 aromatic carbocycles. The number of hydrogen-bond donors (Lipinski definition) is 2. The fraction of sp³-hybridized carbons (Fsp3) is 0.774. The van der Waals surface area contributed by atoms with Crippen LogP contribution in [0.3, 0.4) is 0 Å². The fourth-order valence-electron chi connectivity index (χ4n) is 8.59. The number of ether oxygens (including phenoxy) is 1. The molecule has 0 spiro atoms. The lowest BCUT2D eigenvalue weighted by Crippen LogP contribution is -2.55. The summed E-state index contributed by atoms with van der Waals surface area (Å²) in [6.07, 6.45) is 6.52. The van der Waals surface area contributed by atoms with E-state index in [1.54, 1.807) is 17.9 Å². The number of nitrogens with zero attached hydrogens (tertiary/aromatic N) is 4. The van der Waals surface area contributed by atoms with Crippen LogP contribution < -0.4 is 16.5 Å². The molecule has 2 saturated carbocycles. The number of rotatable bonds is 7. The van der Waals surface area contributed by atoms with Crippen molar-refractivity contribution in [1.82, 2.24) is 29.6 Å². The van der Waals surface area contributed by atoms with Crippen LogP contribution in [-0.4, -0.2) is 64.5 Å². The van der Waals surface area contributed by atoms with Gasteiger partial charge in [-0.1, -0.05) is 13.3 Å². The van der Waals surface area contributed by atoms with Crippen molar-refractivity contribution in [2.45, 2.75) is 95.7 Å². The molecule has 4 heterocycles. The highest BCUT2D eigenvalue weighted by Crippen LogP contribution is 2.51. The number of imidazole rings is 1. The predicted molar refractivity (Wildman–Crippen MR) is 156 cm³/mol. The summed E-state index contributed by atoms with van der Waals surface area (Å²) in [6.45, 7) is 7.27.